The van der Waals surface area contributed by atoms with Crippen molar-refractivity contribution in [3.8, 4) is 5.75 Å². The van der Waals surface area contributed by atoms with Gasteiger partial charge in [-0.2, -0.15) is 13.2 Å². The molecule has 5 N–H and O–H groups in total. The lowest BCUT2D eigenvalue weighted by molar-refractivity contribution is -0.192. The molecular formula is C27H35F3N4O11. The highest BCUT2D eigenvalue weighted by atomic mass is 19.4. The van der Waals surface area contributed by atoms with E-state index in [1.807, 2.05) is 0 Å². The van der Waals surface area contributed by atoms with E-state index >= 15 is 0 Å². The Morgan fingerprint density at radius 1 is 0.978 bits per heavy atom. The largest absolute Gasteiger partial charge is 0.490 e. The van der Waals surface area contributed by atoms with E-state index in [0.717, 1.165) is 17.7 Å². The first-order valence-corrected chi connectivity index (χ1v) is 13.9. The molecule has 1 aromatic rings. The smallest absolute Gasteiger partial charge is 0.483 e. The van der Waals surface area contributed by atoms with Crippen molar-refractivity contribution in [1.82, 2.24) is 15.5 Å². The first-order chi connectivity index (χ1) is 21.4. The van der Waals surface area contributed by atoms with Crippen LogP contribution in [0.25, 0.3) is 0 Å². The summed E-state index contributed by atoms with van der Waals surface area (Å²) in [6.45, 7) is 3.57. The number of nitrogens with zero attached hydrogens (tertiary/aromatic N) is 1. The number of carboxylic acids is 1. The normalized spacial score (nSPS) is 16.1. The predicted octanol–water partition coefficient (Wildman–Crippen LogP) is 0.00480. The minimum Gasteiger partial charge on any atom is -0.483 e. The van der Waals surface area contributed by atoms with E-state index in [2.05, 4.69) is 10.6 Å². The van der Waals surface area contributed by atoms with Crippen LogP contribution in [-0.2, 0) is 33.4 Å². The number of hydrogen-bond acceptors (Lipinski definition) is 11. The number of amides is 5. The van der Waals surface area contributed by atoms with Gasteiger partial charge in [0.1, 0.15) is 11.8 Å². The van der Waals surface area contributed by atoms with Crippen LogP contribution in [0.1, 0.15) is 46.4 Å². The zero-order chi connectivity index (χ0) is 33.4. The summed E-state index contributed by atoms with van der Waals surface area (Å²) in [5, 5.41) is 11.9. The van der Waals surface area contributed by atoms with Gasteiger partial charge in [0.05, 0.1) is 24.3 Å². The minimum absolute atomic E-state index is 0.0105. The maximum atomic E-state index is 13.0. The fourth-order valence-corrected chi connectivity index (χ4v) is 3.98. The minimum atomic E-state index is -5.08. The molecule has 5 amide bonds. The van der Waals surface area contributed by atoms with Crippen LogP contribution in [0.4, 0.5) is 13.2 Å². The number of imide groups is 2. The van der Waals surface area contributed by atoms with Gasteiger partial charge in [0.25, 0.3) is 17.7 Å². The lowest BCUT2D eigenvalue weighted by atomic mass is 10.0. The van der Waals surface area contributed by atoms with Gasteiger partial charge in [-0.25, -0.2) is 4.79 Å². The average Bonchev–Trinajstić information content (AvgIpc) is 3.24. The van der Waals surface area contributed by atoms with Crippen molar-refractivity contribution >= 4 is 35.5 Å². The van der Waals surface area contributed by atoms with E-state index in [-0.39, 0.29) is 42.9 Å². The van der Waals surface area contributed by atoms with Crippen molar-refractivity contribution in [3.63, 3.8) is 0 Å². The number of alkyl halides is 3. The number of halogens is 3. The summed E-state index contributed by atoms with van der Waals surface area (Å²) in [6, 6.07) is 3.38. The molecule has 2 heterocycles. The first kappa shape index (κ1) is 37.1. The Morgan fingerprint density at radius 2 is 1.58 bits per heavy atom. The number of nitrogens with one attached hydrogen (secondary N) is 2. The maximum Gasteiger partial charge on any atom is 0.490 e. The highest BCUT2D eigenvalue weighted by Gasteiger charge is 2.46. The Labute approximate surface area is 255 Å². The molecule has 0 saturated carbocycles. The molecule has 1 unspecified atom stereocenters. The van der Waals surface area contributed by atoms with Gasteiger partial charge in [0.15, 0.2) is 6.61 Å². The van der Waals surface area contributed by atoms with Gasteiger partial charge in [-0.1, -0.05) is 6.07 Å². The molecule has 0 aliphatic carbocycles. The summed E-state index contributed by atoms with van der Waals surface area (Å²) in [5.41, 5.74) is 5.40. The highest BCUT2D eigenvalue weighted by molar-refractivity contribution is 6.24. The number of carboxylic acid groups (broad SMARTS) is 1. The molecule has 1 fully saturated rings. The molecule has 1 atom stereocenters. The van der Waals surface area contributed by atoms with Crippen LogP contribution in [0.2, 0.25) is 0 Å². The zero-order valence-corrected chi connectivity index (χ0v) is 24.2. The summed E-state index contributed by atoms with van der Waals surface area (Å²) in [6.07, 6.45) is -3.47. The first-order valence-electron chi connectivity index (χ1n) is 13.9. The van der Waals surface area contributed by atoms with Gasteiger partial charge < -0.3 is 35.1 Å². The van der Waals surface area contributed by atoms with Crippen molar-refractivity contribution in [2.75, 3.05) is 59.3 Å². The number of piperidine rings is 1. The molecule has 45 heavy (non-hydrogen) atoms. The third-order valence-corrected chi connectivity index (χ3v) is 6.02. The summed E-state index contributed by atoms with van der Waals surface area (Å²) in [4.78, 5) is 71.4. The number of carbonyl (C=O) groups is 6. The number of hydrogen-bond donors (Lipinski definition) is 4. The van der Waals surface area contributed by atoms with Crippen molar-refractivity contribution < 1.29 is 66.0 Å². The van der Waals surface area contributed by atoms with Crippen LogP contribution in [0, 0.1) is 0 Å². The molecule has 0 spiro atoms. The zero-order valence-electron chi connectivity index (χ0n) is 24.2. The van der Waals surface area contributed by atoms with E-state index < -0.39 is 47.7 Å². The number of aliphatic carboxylic acids is 1. The second kappa shape index (κ2) is 18.6. The number of fused-ring (bicyclic) bond motifs is 1. The van der Waals surface area contributed by atoms with E-state index in [0.29, 0.717) is 46.2 Å². The third kappa shape index (κ3) is 12.1. The molecule has 2 aliphatic heterocycles. The van der Waals surface area contributed by atoms with Gasteiger partial charge in [0, 0.05) is 45.9 Å². The topological polar surface area (TPSA) is 213 Å². The van der Waals surface area contributed by atoms with Crippen molar-refractivity contribution in [1.29, 1.82) is 0 Å². The standard InChI is InChI=1S/C25H34N4O9.C2HF3O2/c26-8-14-36-12-2-10-35-11-3-13-37-15-9-27-21(31)16-38-19-5-1-4-17-22(19)25(34)29(24(17)33)18-6-7-20(30)28-23(18)32;3-2(4,5)1(6)7/h1,4-5,18H,2-3,6-16,26H2,(H,27,31)(H,28,30,32);(H,6,7). The number of carbonyl (C=O) groups excluding carboxylic acids is 5. The Bertz CT molecular complexity index is 1210. The highest BCUT2D eigenvalue weighted by Crippen LogP contribution is 2.33. The number of rotatable bonds is 17. The molecular weight excluding hydrogens is 613 g/mol. The second-order valence-corrected chi connectivity index (χ2v) is 9.40. The fraction of sp³-hybridized carbons (Fsp3) is 0.556. The molecule has 1 saturated heterocycles. The van der Waals surface area contributed by atoms with Gasteiger partial charge >= 0.3 is 12.1 Å². The molecule has 15 nitrogen and oxygen atoms in total. The van der Waals surface area contributed by atoms with E-state index in [1.54, 1.807) is 0 Å². The van der Waals surface area contributed by atoms with Gasteiger partial charge in [-0.05, 0) is 31.4 Å². The van der Waals surface area contributed by atoms with Gasteiger partial charge in [-0.3, -0.25) is 34.2 Å². The Balaban J connectivity index is 0.000000900. The van der Waals surface area contributed by atoms with E-state index in [4.69, 9.17) is 34.6 Å². The average molecular weight is 649 g/mol. The predicted molar refractivity (Wildman–Crippen MR) is 146 cm³/mol. The maximum absolute atomic E-state index is 13.0. The van der Waals surface area contributed by atoms with Gasteiger partial charge in [-0.15, -0.1) is 0 Å². The molecule has 0 bridgehead atoms. The van der Waals surface area contributed by atoms with Crippen LogP contribution in [0.5, 0.6) is 5.75 Å². The Hall–Kier alpha value is -4.13. The number of benzene rings is 1. The molecule has 0 aromatic heterocycles. The third-order valence-electron chi connectivity index (χ3n) is 6.02. The van der Waals surface area contributed by atoms with E-state index in [1.165, 1.54) is 18.2 Å². The molecule has 0 radical (unpaired) electrons. The Kier molecular flexibility index (Phi) is 15.3. The van der Waals surface area contributed by atoms with Crippen LogP contribution in [0.3, 0.4) is 0 Å². The SMILES string of the molecule is NCCOCCCOCCCOCCNC(=O)COc1cccc2c1C(=O)N(C1CCC(=O)NC1=O)C2=O.O=C(O)C(F)(F)F. The quantitative estimate of drug-likeness (QED) is 0.130. The molecule has 1 aromatic carbocycles. The summed E-state index contributed by atoms with van der Waals surface area (Å²) in [5.74, 6) is -5.61. The summed E-state index contributed by atoms with van der Waals surface area (Å²) in [7, 11) is 0. The van der Waals surface area contributed by atoms with Crippen molar-refractivity contribution in [3.05, 3.63) is 29.3 Å². The monoisotopic (exact) mass is 648 g/mol. The lowest BCUT2D eigenvalue weighted by Gasteiger charge is -2.27. The molecule has 18 heteroatoms. The van der Waals surface area contributed by atoms with Gasteiger partial charge in [0.2, 0.25) is 11.8 Å². The van der Waals surface area contributed by atoms with E-state index in [9.17, 15) is 37.1 Å². The molecule has 2 aliphatic rings. The van der Waals surface area contributed by atoms with Crippen molar-refractivity contribution in [2.45, 2.75) is 37.9 Å². The second-order valence-electron chi connectivity index (χ2n) is 9.40. The van der Waals surface area contributed by atoms with Crippen LogP contribution in [0.15, 0.2) is 18.2 Å². The number of nitrogens with two attached hydrogens (primary N) is 1. The summed E-state index contributed by atoms with van der Waals surface area (Å²) >= 11 is 0. The summed E-state index contributed by atoms with van der Waals surface area (Å²) < 4.78 is 53.5. The lowest BCUT2D eigenvalue weighted by Crippen LogP contribution is -2.54. The van der Waals surface area contributed by atoms with Crippen LogP contribution in [-0.4, -0.2) is 117 Å². The Morgan fingerprint density at radius 3 is 2.16 bits per heavy atom. The fourth-order valence-electron chi connectivity index (χ4n) is 3.98. The molecule has 3 rings (SSSR count). The molecule has 250 valence electrons. The van der Waals surface area contributed by atoms with Crippen LogP contribution < -0.4 is 21.1 Å². The van der Waals surface area contributed by atoms with Crippen LogP contribution >= 0.6 is 0 Å². The number of ether oxygens (including phenoxy) is 4. The van der Waals surface area contributed by atoms with Crippen molar-refractivity contribution in [2.24, 2.45) is 5.73 Å².